The van der Waals surface area contributed by atoms with Crippen molar-refractivity contribution in [2.45, 2.75) is 78.1 Å². The Balaban J connectivity index is 0.000000154. The number of amides is 2. The van der Waals surface area contributed by atoms with Crippen molar-refractivity contribution in [1.82, 2.24) is 40.1 Å². The molecular weight excluding hydrogens is 677 g/mol. The van der Waals surface area contributed by atoms with Gasteiger partial charge >= 0.3 is 0 Å². The van der Waals surface area contributed by atoms with E-state index in [9.17, 15) is 9.59 Å². The van der Waals surface area contributed by atoms with Crippen LogP contribution in [0, 0.1) is 20.8 Å². The molecule has 0 saturated heterocycles. The van der Waals surface area contributed by atoms with E-state index in [-0.39, 0.29) is 11.8 Å². The number of benzene rings is 2. The fraction of sp³-hybridized carbons (Fsp3) is 0.286. The molecule has 3 aliphatic rings. The predicted octanol–water partition coefficient (Wildman–Crippen LogP) is 7.58. The van der Waals surface area contributed by atoms with Crippen LogP contribution in [0.2, 0.25) is 0 Å². The number of rotatable bonds is 5. The first-order chi connectivity index (χ1) is 25.8. The van der Waals surface area contributed by atoms with Crippen LogP contribution in [-0.4, -0.2) is 51.9 Å². The molecule has 54 heavy (non-hydrogen) atoms. The highest BCUT2D eigenvalue weighted by Crippen LogP contribution is 2.48. The number of hydrogen-bond acceptors (Lipinski definition) is 10. The Morgan fingerprint density at radius 3 is 1.85 bits per heavy atom. The Hall–Kier alpha value is -6.30. The quantitative estimate of drug-likeness (QED) is 0.175. The Morgan fingerprint density at radius 2 is 1.24 bits per heavy atom. The Bertz CT molecular complexity index is 2440. The molecule has 1 saturated carbocycles. The zero-order valence-electron chi connectivity index (χ0n) is 31.4. The van der Waals surface area contributed by atoms with Gasteiger partial charge in [-0.05, 0) is 108 Å². The zero-order chi connectivity index (χ0) is 37.9. The molecule has 0 N–H and O–H groups in total. The van der Waals surface area contributed by atoms with Crippen LogP contribution >= 0.6 is 0 Å². The fourth-order valence-electron chi connectivity index (χ4n) is 7.05. The van der Waals surface area contributed by atoms with Gasteiger partial charge in [0.2, 0.25) is 11.8 Å². The number of carbonyl (C=O) groups excluding carboxylic acids is 2. The first-order valence-corrected chi connectivity index (χ1v) is 18.0. The number of fused-ring (bicyclic) bond motifs is 2. The lowest BCUT2D eigenvalue weighted by Crippen LogP contribution is -2.33. The molecule has 6 heterocycles. The van der Waals surface area contributed by atoms with E-state index in [1.54, 1.807) is 34.6 Å². The monoisotopic (exact) mass is 716 g/mol. The maximum absolute atomic E-state index is 13.3. The lowest BCUT2D eigenvalue weighted by atomic mass is 9.85. The predicted molar refractivity (Wildman–Crippen MR) is 206 cm³/mol. The van der Waals surface area contributed by atoms with E-state index in [2.05, 4.69) is 40.1 Å². The highest BCUT2D eigenvalue weighted by molar-refractivity contribution is 6.13. The smallest absolute Gasteiger partial charge is 0.242 e. The normalized spacial score (nSPS) is 16.5. The van der Waals surface area contributed by atoms with Gasteiger partial charge in [0.25, 0.3) is 0 Å². The van der Waals surface area contributed by atoms with Gasteiger partial charge in [0.15, 0.2) is 11.6 Å². The molecule has 2 aromatic carbocycles. The molecule has 1 aliphatic carbocycles. The van der Waals surface area contributed by atoms with Gasteiger partial charge in [0.1, 0.15) is 5.82 Å². The molecular formula is C42H40N10O2. The second-order valence-corrected chi connectivity index (χ2v) is 15.2. The Kier molecular flexibility index (Phi) is 8.35. The van der Waals surface area contributed by atoms with Crippen molar-refractivity contribution < 1.29 is 9.59 Å². The lowest BCUT2D eigenvalue weighted by Gasteiger charge is -2.19. The molecule has 9 rings (SSSR count). The van der Waals surface area contributed by atoms with Crippen molar-refractivity contribution >= 4 is 34.8 Å². The minimum absolute atomic E-state index is 0.0143. The SMILES string of the molecule is Cc1cnc(-c2ccc3c(c2)N(c2cncc(C)n2)C(=O)C3(C)C)cn1.Cc1ncc(-c2ccc3c(c2)N(c2cc(C4CC4)cnn2)C(=O)C3(C)C)cn1. The number of hydrogen-bond donors (Lipinski definition) is 0. The summed E-state index contributed by atoms with van der Waals surface area (Å²) in [4.78, 5) is 55.8. The second-order valence-electron chi connectivity index (χ2n) is 15.2. The highest BCUT2D eigenvalue weighted by Gasteiger charge is 2.46. The van der Waals surface area contributed by atoms with E-state index in [1.807, 2.05) is 110 Å². The molecule has 0 radical (unpaired) electrons. The van der Waals surface area contributed by atoms with Crippen LogP contribution in [0.1, 0.15) is 80.4 Å². The van der Waals surface area contributed by atoms with Crippen LogP contribution < -0.4 is 9.80 Å². The lowest BCUT2D eigenvalue weighted by molar-refractivity contribution is -0.122. The third kappa shape index (κ3) is 6.07. The minimum Gasteiger partial charge on any atom is -0.273 e. The molecule has 270 valence electrons. The van der Waals surface area contributed by atoms with Crippen LogP contribution in [-0.2, 0) is 20.4 Å². The molecule has 12 heteroatoms. The Labute approximate surface area is 313 Å². The van der Waals surface area contributed by atoms with E-state index < -0.39 is 10.8 Å². The third-order valence-corrected chi connectivity index (χ3v) is 10.4. The van der Waals surface area contributed by atoms with E-state index >= 15 is 0 Å². The number of carbonyl (C=O) groups is 2. The minimum atomic E-state index is -0.627. The van der Waals surface area contributed by atoms with Crippen LogP contribution in [0.15, 0.2) is 85.8 Å². The van der Waals surface area contributed by atoms with Gasteiger partial charge in [-0.3, -0.25) is 34.3 Å². The van der Waals surface area contributed by atoms with Crippen molar-refractivity contribution in [2.24, 2.45) is 0 Å². The van der Waals surface area contributed by atoms with Crippen molar-refractivity contribution in [1.29, 1.82) is 0 Å². The van der Waals surface area contributed by atoms with Crippen molar-refractivity contribution in [3.8, 4) is 22.4 Å². The molecule has 0 atom stereocenters. The molecule has 0 unspecified atom stereocenters. The standard InChI is InChI=1S/C22H21N5O.C20H19N5O/c1-13-23-10-17(11-24-13)15-6-7-18-19(8-15)27(21(28)22(18,2)3)20-9-16(12-25-26-20)14-4-5-14;1-12-9-23-16(10-22-12)14-5-6-15-17(7-14)25(19(26)20(15,3)4)18-11-21-8-13(2)24-18/h6-12,14H,4-5H2,1-3H3;5-11H,1-4H3. The van der Waals surface area contributed by atoms with Gasteiger partial charge in [-0.25, -0.2) is 15.0 Å². The van der Waals surface area contributed by atoms with Gasteiger partial charge in [-0.1, -0.05) is 24.3 Å². The van der Waals surface area contributed by atoms with Crippen LogP contribution in [0.5, 0.6) is 0 Å². The molecule has 2 amide bonds. The third-order valence-electron chi connectivity index (χ3n) is 10.4. The van der Waals surface area contributed by atoms with Crippen LogP contribution in [0.25, 0.3) is 22.4 Å². The van der Waals surface area contributed by atoms with Gasteiger partial charge in [0.05, 0.1) is 57.9 Å². The summed E-state index contributed by atoms with van der Waals surface area (Å²) in [5.41, 5.74) is 8.75. The number of nitrogens with zero attached hydrogens (tertiary/aromatic N) is 10. The maximum Gasteiger partial charge on any atom is 0.242 e. The fourth-order valence-corrected chi connectivity index (χ4v) is 7.05. The molecule has 6 aromatic rings. The van der Waals surface area contributed by atoms with Gasteiger partial charge in [-0.2, -0.15) is 5.10 Å². The zero-order valence-corrected chi connectivity index (χ0v) is 31.4. The second kappa shape index (κ2) is 13.0. The topological polar surface area (TPSA) is 144 Å². The van der Waals surface area contributed by atoms with Gasteiger partial charge in [-0.15, -0.1) is 5.10 Å². The van der Waals surface area contributed by atoms with E-state index in [0.717, 1.165) is 67.7 Å². The van der Waals surface area contributed by atoms with Crippen LogP contribution in [0.3, 0.4) is 0 Å². The van der Waals surface area contributed by atoms with Crippen molar-refractivity contribution in [3.05, 3.63) is 120 Å². The van der Waals surface area contributed by atoms with E-state index in [1.165, 1.54) is 12.8 Å². The summed E-state index contributed by atoms with van der Waals surface area (Å²) in [6.45, 7) is 13.4. The van der Waals surface area contributed by atoms with Crippen LogP contribution in [0.4, 0.5) is 23.0 Å². The summed E-state index contributed by atoms with van der Waals surface area (Å²) < 4.78 is 0. The molecule has 0 spiro atoms. The summed E-state index contributed by atoms with van der Waals surface area (Å²) in [6, 6.07) is 14.0. The largest absolute Gasteiger partial charge is 0.273 e. The first-order valence-electron chi connectivity index (χ1n) is 18.0. The first kappa shape index (κ1) is 34.8. The van der Waals surface area contributed by atoms with Gasteiger partial charge in [0, 0.05) is 35.9 Å². The molecule has 2 aliphatic heterocycles. The summed E-state index contributed by atoms with van der Waals surface area (Å²) >= 11 is 0. The summed E-state index contributed by atoms with van der Waals surface area (Å²) in [6.07, 6.45) is 14.6. The highest BCUT2D eigenvalue weighted by atomic mass is 16.2. The summed E-state index contributed by atoms with van der Waals surface area (Å²) in [5.74, 6) is 2.42. The van der Waals surface area contributed by atoms with Gasteiger partial charge < -0.3 is 0 Å². The number of anilines is 4. The summed E-state index contributed by atoms with van der Waals surface area (Å²) in [5, 5.41) is 8.46. The molecule has 0 bridgehead atoms. The number of aromatic nitrogens is 8. The average molecular weight is 717 g/mol. The van der Waals surface area contributed by atoms with Crippen molar-refractivity contribution in [2.75, 3.05) is 9.80 Å². The summed E-state index contributed by atoms with van der Waals surface area (Å²) in [7, 11) is 0. The molecule has 4 aromatic heterocycles. The number of aryl methyl sites for hydroxylation is 3. The average Bonchev–Trinajstić information content (AvgIpc) is 3.96. The molecule has 12 nitrogen and oxygen atoms in total. The Morgan fingerprint density at radius 1 is 0.611 bits per heavy atom. The van der Waals surface area contributed by atoms with Crippen molar-refractivity contribution in [3.63, 3.8) is 0 Å². The molecule has 1 fully saturated rings. The van der Waals surface area contributed by atoms with E-state index in [4.69, 9.17) is 0 Å². The van der Waals surface area contributed by atoms with E-state index in [0.29, 0.717) is 17.6 Å². The maximum atomic E-state index is 13.3.